The van der Waals surface area contributed by atoms with Crippen LogP contribution in [0.1, 0.15) is 18.1 Å². The molecule has 0 atom stereocenters. The monoisotopic (exact) mass is 391 g/mol. The van der Waals surface area contributed by atoms with Gasteiger partial charge < -0.3 is 24.8 Å². The van der Waals surface area contributed by atoms with E-state index in [1.807, 2.05) is 43.3 Å². The lowest BCUT2D eigenvalue weighted by molar-refractivity contribution is 0.311. The number of hydrogen-bond donors (Lipinski definition) is 2. The molecular formula is C20H26ClN3O3. The van der Waals surface area contributed by atoms with Crippen LogP contribution in [0.5, 0.6) is 17.2 Å². The summed E-state index contributed by atoms with van der Waals surface area (Å²) in [5.74, 6) is 2.68. The highest BCUT2D eigenvalue weighted by molar-refractivity contribution is 6.32. The Bertz CT molecular complexity index is 781. The summed E-state index contributed by atoms with van der Waals surface area (Å²) in [4.78, 5) is 4.25. The Kier molecular flexibility index (Phi) is 8.07. The zero-order valence-corrected chi connectivity index (χ0v) is 16.9. The van der Waals surface area contributed by atoms with Crippen molar-refractivity contribution in [2.75, 3.05) is 27.9 Å². The Balaban J connectivity index is 1.98. The van der Waals surface area contributed by atoms with Crippen molar-refractivity contribution in [2.45, 2.75) is 20.0 Å². The molecule has 0 saturated carbocycles. The summed E-state index contributed by atoms with van der Waals surface area (Å²) in [7, 11) is 4.98. The fraction of sp³-hybridized carbons (Fsp3) is 0.350. The Morgan fingerprint density at radius 2 is 1.78 bits per heavy atom. The first kappa shape index (κ1) is 20.7. The van der Waals surface area contributed by atoms with E-state index in [4.69, 9.17) is 25.8 Å². The van der Waals surface area contributed by atoms with Gasteiger partial charge in [-0.2, -0.15) is 0 Å². The Morgan fingerprint density at radius 1 is 1.04 bits per heavy atom. The van der Waals surface area contributed by atoms with Crippen molar-refractivity contribution < 1.29 is 14.2 Å². The van der Waals surface area contributed by atoms with Crippen molar-refractivity contribution in [3.63, 3.8) is 0 Å². The highest BCUT2D eigenvalue weighted by atomic mass is 35.5. The van der Waals surface area contributed by atoms with Gasteiger partial charge in [0.25, 0.3) is 0 Å². The molecule has 0 fully saturated rings. The van der Waals surface area contributed by atoms with Gasteiger partial charge in [-0.1, -0.05) is 23.7 Å². The van der Waals surface area contributed by atoms with E-state index in [-0.39, 0.29) is 0 Å². The number of guanidine groups is 1. The van der Waals surface area contributed by atoms with E-state index < -0.39 is 0 Å². The third-order valence-corrected chi connectivity index (χ3v) is 4.14. The smallest absolute Gasteiger partial charge is 0.191 e. The maximum absolute atomic E-state index is 6.32. The molecule has 2 N–H and O–H groups in total. The second-order valence-electron chi connectivity index (χ2n) is 5.67. The van der Waals surface area contributed by atoms with Gasteiger partial charge in [-0.05, 0) is 42.3 Å². The van der Waals surface area contributed by atoms with Crippen LogP contribution in [0, 0.1) is 0 Å². The van der Waals surface area contributed by atoms with Crippen LogP contribution in [0.2, 0.25) is 5.02 Å². The number of hydrogen-bond acceptors (Lipinski definition) is 4. The van der Waals surface area contributed by atoms with E-state index in [0.717, 1.165) is 16.9 Å². The van der Waals surface area contributed by atoms with Crippen molar-refractivity contribution in [1.82, 2.24) is 10.6 Å². The molecule has 7 heteroatoms. The molecule has 146 valence electrons. The zero-order valence-electron chi connectivity index (χ0n) is 16.1. The number of aliphatic imine (C=N–C) groups is 1. The van der Waals surface area contributed by atoms with Gasteiger partial charge >= 0.3 is 0 Å². The molecule has 2 aromatic carbocycles. The van der Waals surface area contributed by atoms with Gasteiger partial charge in [-0.3, -0.25) is 4.99 Å². The molecule has 0 saturated heterocycles. The summed E-state index contributed by atoms with van der Waals surface area (Å²) in [6, 6.07) is 11.6. The Labute approximate surface area is 165 Å². The standard InChI is InChI=1S/C20H26ClN3O3/c1-5-27-19-17(21)10-15(11-18(19)26-4)13-24-20(22-2)23-12-14-7-6-8-16(9-14)25-3/h6-11H,5,12-13H2,1-4H3,(H2,22,23,24). The average Bonchev–Trinajstić information content (AvgIpc) is 2.70. The molecule has 0 spiro atoms. The second kappa shape index (κ2) is 10.5. The molecule has 27 heavy (non-hydrogen) atoms. The second-order valence-corrected chi connectivity index (χ2v) is 6.08. The molecule has 2 rings (SSSR count). The van der Waals surface area contributed by atoms with Crippen LogP contribution >= 0.6 is 11.6 Å². The lowest BCUT2D eigenvalue weighted by atomic mass is 10.2. The number of halogens is 1. The molecule has 0 aliphatic carbocycles. The number of nitrogens with one attached hydrogen (secondary N) is 2. The van der Waals surface area contributed by atoms with E-state index in [2.05, 4.69) is 15.6 Å². The summed E-state index contributed by atoms with van der Waals surface area (Å²) >= 11 is 6.32. The number of methoxy groups -OCH3 is 2. The summed E-state index contributed by atoms with van der Waals surface area (Å²) in [5.41, 5.74) is 2.06. The van der Waals surface area contributed by atoms with Crippen LogP contribution in [-0.4, -0.2) is 33.8 Å². The number of rotatable bonds is 8. The van der Waals surface area contributed by atoms with Gasteiger partial charge in [-0.25, -0.2) is 0 Å². The fourth-order valence-corrected chi connectivity index (χ4v) is 2.82. The largest absolute Gasteiger partial charge is 0.497 e. The van der Waals surface area contributed by atoms with Crippen molar-refractivity contribution in [3.05, 3.63) is 52.5 Å². The molecule has 0 aromatic heterocycles. The fourth-order valence-electron chi connectivity index (χ4n) is 2.53. The van der Waals surface area contributed by atoms with Crippen LogP contribution in [0.4, 0.5) is 0 Å². The number of ether oxygens (including phenoxy) is 3. The molecule has 6 nitrogen and oxygen atoms in total. The first-order valence-corrected chi connectivity index (χ1v) is 9.05. The van der Waals surface area contributed by atoms with Crippen LogP contribution < -0.4 is 24.8 Å². The lowest BCUT2D eigenvalue weighted by Crippen LogP contribution is -2.36. The van der Waals surface area contributed by atoms with Gasteiger partial charge in [0.15, 0.2) is 17.5 Å². The first-order valence-electron chi connectivity index (χ1n) is 8.67. The number of nitrogens with zero attached hydrogens (tertiary/aromatic N) is 1. The minimum Gasteiger partial charge on any atom is -0.497 e. The van der Waals surface area contributed by atoms with Crippen molar-refractivity contribution >= 4 is 17.6 Å². The van der Waals surface area contributed by atoms with E-state index in [0.29, 0.717) is 42.2 Å². The molecule has 0 radical (unpaired) electrons. The van der Waals surface area contributed by atoms with E-state index >= 15 is 0 Å². The van der Waals surface area contributed by atoms with Gasteiger partial charge in [0, 0.05) is 20.1 Å². The highest BCUT2D eigenvalue weighted by Crippen LogP contribution is 2.36. The van der Waals surface area contributed by atoms with Crippen LogP contribution in [-0.2, 0) is 13.1 Å². The third-order valence-electron chi connectivity index (χ3n) is 3.86. The molecule has 2 aromatic rings. The predicted octanol–water partition coefficient (Wildman–Crippen LogP) is 3.62. The lowest BCUT2D eigenvalue weighted by Gasteiger charge is -2.15. The van der Waals surface area contributed by atoms with Crippen molar-refractivity contribution in [3.8, 4) is 17.2 Å². The quantitative estimate of drug-likeness (QED) is 0.531. The third kappa shape index (κ3) is 5.96. The summed E-state index contributed by atoms with van der Waals surface area (Å²) < 4.78 is 16.2. The zero-order chi connectivity index (χ0) is 19.6. The summed E-state index contributed by atoms with van der Waals surface area (Å²) in [6.45, 7) is 3.60. The Morgan fingerprint density at radius 3 is 2.41 bits per heavy atom. The average molecular weight is 392 g/mol. The SMILES string of the molecule is CCOc1c(Cl)cc(CNC(=NC)NCc2cccc(OC)c2)cc1OC. The topological polar surface area (TPSA) is 64.1 Å². The van der Waals surface area contributed by atoms with Gasteiger partial charge in [-0.15, -0.1) is 0 Å². The van der Waals surface area contributed by atoms with E-state index in [1.54, 1.807) is 21.3 Å². The molecule has 0 unspecified atom stereocenters. The molecule has 0 amide bonds. The van der Waals surface area contributed by atoms with E-state index in [1.165, 1.54) is 0 Å². The van der Waals surface area contributed by atoms with Crippen LogP contribution in [0.3, 0.4) is 0 Å². The first-order chi connectivity index (χ1) is 13.1. The summed E-state index contributed by atoms with van der Waals surface area (Å²) in [5, 5.41) is 7.06. The predicted molar refractivity (Wildman–Crippen MR) is 109 cm³/mol. The van der Waals surface area contributed by atoms with Crippen molar-refractivity contribution in [2.24, 2.45) is 4.99 Å². The summed E-state index contributed by atoms with van der Waals surface area (Å²) in [6.07, 6.45) is 0. The minimum absolute atomic E-state index is 0.521. The molecular weight excluding hydrogens is 366 g/mol. The normalized spacial score (nSPS) is 11.1. The minimum atomic E-state index is 0.521. The van der Waals surface area contributed by atoms with Gasteiger partial charge in [0.05, 0.1) is 25.8 Å². The Hall–Kier alpha value is -2.60. The number of benzene rings is 2. The van der Waals surface area contributed by atoms with Gasteiger partial charge in [0.2, 0.25) is 0 Å². The van der Waals surface area contributed by atoms with E-state index in [9.17, 15) is 0 Å². The van der Waals surface area contributed by atoms with Crippen LogP contribution in [0.25, 0.3) is 0 Å². The molecule has 0 aliphatic rings. The maximum atomic E-state index is 6.32. The van der Waals surface area contributed by atoms with Gasteiger partial charge in [0.1, 0.15) is 5.75 Å². The maximum Gasteiger partial charge on any atom is 0.191 e. The van der Waals surface area contributed by atoms with Crippen LogP contribution in [0.15, 0.2) is 41.4 Å². The molecule has 0 bridgehead atoms. The molecule has 0 heterocycles. The highest BCUT2D eigenvalue weighted by Gasteiger charge is 2.12. The van der Waals surface area contributed by atoms with Crippen molar-refractivity contribution in [1.29, 1.82) is 0 Å². The molecule has 0 aliphatic heterocycles.